The number of furan rings is 1. The number of hydrogen-bond donors (Lipinski definition) is 2. The third-order valence-corrected chi connectivity index (χ3v) is 5.08. The molecule has 4 aromatic rings. The van der Waals surface area contributed by atoms with Crippen molar-refractivity contribution in [1.82, 2.24) is 34.4 Å². The molecule has 0 radical (unpaired) electrons. The van der Waals surface area contributed by atoms with Gasteiger partial charge in [0.05, 0.1) is 6.26 Å². The molecule has 0 bridgehead atoms. The van der Waals surface area contributed by atoms with Crippen LogP contribution >= 0.6 is 0 Å². The number of likely N-dealkylation sites (tertiary alicyclic amines) is 1. The lowest BCUT2D eigenvalue weighted by atomic mass is 10.2. The van der Waals surface area contributed by atoms with E-state index < -0.39 is 0 Å². The quantitative estimate of drug-likeness (QED) is 0.506. The van der Waals surface area contributed by atoms with Crippen molar-refractivity contribution >= 4 is 17.7 Å². The molecule has 29 heavy (non-hydrogen) atoms. The standard InChI is InChI=1S/C19H21N9O/c20-17-24-18(25-19-23-16(26-28(17)19)15-6-3-9-29-15)22-11-14-5-2-8-27(14)12-13-4-1-7-21-10-13/h1,3-4,6-7,9-10,14H,2,5,8,11-12H2,(H3,20,22,23,24,25,26)/t14-/m1/s1. The molecule has 148 valence electrons. The summed E-state index contributed by atoms with van der Waals surface area (Å²) < 4.78 is 6.75. The van der Waals surface area contributed by atoms with E-state index in [1.165, 1.54) is 16.5 Å². The van der Waals surface area contributed by atoms with Gasteiger partial charge in [0, 0.05) is 31.5 Å². The molecule has 1 aliphatic heterocycles. The highest BCUT2D eigenvalue weighted by molar-refractivity contribution is 5.52. The van der Waals surface area contributed by atoms with Crippen molar-refractivity contribution in [3.63, 3.8) is 0 Å². The van der Waals surface area contributed by atoms with Gasteiger partial charge in [-0.1, -0.05) is 6.07 Å². The molecule has 0 aliphatic carbocycles. The fraction of sp³-hybridized carbons (Fsp3) is 0.316. The lowest BCUT2D eigenvalue weighted by Crippen LogP contribution is -2.34. The second-order valence-corrected chi connectivity index (χ2v) is 7.04. The first-order chi connectivity index (χ1) is 14.3. The molecule has 4 aromatic heterocycles. The minimum absolute atomic E-state index is 0.224. The summed E-state index contributed by atoms with van der Waals surface area (Å²) in [5.41, 5.74) is 7.28. The molecule has 0 aromatic carbocycles. The van der Waals surface area contributed by atoms with Crippen molar-refractivity contribution in [2.45, 2.75) is 25.4 Å². The summed E-state index contributed by atoms with van der Waals surface area (Å²) in [6.45, 7) is 2.69. The van der Waals surface area contributed by atoms with Crippen LogP contribution in [-0.2, 0) is 6.54 Å². The SMILES string of the molecule is Nc1nc(NC[C@H]2CCCN2Cc2cccnc2)nc2nc(-c3ccco3)nn12. The minimum atomic E-state index is 0.224. The first-order valence-corrected chi connectivity index (χ1v) is 9.57. The van der Waals surface area contributed by atoms with Gasteiger partial charge in [-0.15, -0.1) is 5.10 Å². The van der Waals surface area contributed by atoms with Crippen LogP contribution in [-0.4, -0.2) is 53.6 Å². The van der Waals surface area contributed by atoms with Crippen molar-refractivity contribution in [1.29, 1.82) is 0 Å². The number of nitrogens with zero attached hydrogens (tertiary/aromatic N) is 7. The number of nitrogens with one attached hydrogen (secondary N) is 1. The van der Waals surface area contributed by atoms with Gasteiger partial charge in [-0.05, 0) is 43.1 Å². The minimum Gasteiger partial charge on any atom is -0.461 e. The van der Waals surface area contributed by atoms with Gasteiger partial charge in [0.25, 0.3) is 5.78 Å². The Morgan fingerprint density at radius 3 is 3.00 bits per heavy atom. The van der Waals surface area contributed by atoms with Gasteiger partial charge in [-0.25, -0.2) is 0 Å². The fourth-order valence-corrected chi connectivity index (χ4v) is 3.66. The van der Waals surface area contributed by atoms with E-state index in [0.717, 1.165) is 26.1 Å². The number of rotatable bonds is 6. The van der Waals surface area contributed by atoms with Crippen LogP contribution in [0.2, 0.25) is 0 Å². The van der Waals surface area contributed by atoms with Gasteiger partial charge in [0.2, 0.25) is 17.7 Å². The molecule has 1 atom stereocenters. The lowest BCUT2D eigenvalue weighted by Gasteiger charge is -2.24. The van der Waals surface area contributed by atoms with Crippen molar-refractivity contribution in [3.8, 4) is 11.6 Å². The first kappa shape index (κ1) is 17.6. The van der Waals surface area contributed by atoms with Gasteiger partial charge in [0.1, 0.15) is 0 Å². The predicted molar refractivity (Wildman–Crippen MR) is 107 cm³/mol. The molecule has 0 amide bonds. The normalized spacial score (nSPS) is 17.2. The largest absolute Gasteiger partial charge is 0.461 e. The Bertz CT molecular complexity index is 1090. The van der Waals surface area contributed by atoms with Crippen molar-refractivity contribution in [2.24, 2.45) is 0 Å². The first-order valence-electron chi connectivity index (χ1n) is 9.57. The molecule has 0 spiro atoms. The summed E-state index contributed by atoms with van der Waals surface area (Å²) in [5.74, 6) is 2.03. The zero-order chi connectivity index (χ0) is 19.6. The molecule has 1 aliphatic rings. The predicted octanol–water partition coefficient (Wildman–Crippen LogP) is 1.83. The van der Waals surface area contributed by atoms with E-state index in [1.54, 1.807) is 24.6 Å². The van der Waals surface area contributed by atoms with E-state index in [1.807, 2.05) is 12.3 Å². The fourth-order valence-electron chi connectivity index (χ4n) is 3.66. The highest BCUT2D eigenvalue weighted by Crippen LogP contribution is 2.21. The number of fused-ring (bicyclic) bond motifs is 1. The van der Waals surface area contributed by atoms with Crippen molar-refractivity contribution in [2.75, 3.05) is 24.1 Å². The Balaban J connectivity index is 1.30. The highest BCUT2D eigenvalue weighted by Gasteiger charge is 2.25. The molecule has 10 nitrogen and oxygen atoms in total. The Hall–Kier alpha value is -3.53. The van der Waals surface area contributed by atoms with Gasteiger partial charge >= 0.3 is 0 Å². The second kappa shape index (κ2) is 7.47. The maximum Gasteiger partial charge on any atom is 0.259 e. The van der Waals surface area contributed by atoms with Gasteiger partial charge in [-0.3, -0.25) is 9.88 Å². The monoisotopic (exact) mass is 391 g/mol. The van der Waals surface area contributed by atoms with Crippen LogP contribution in [0, 0.1) is 0 Å². The molecule has 0 unspecified atom stereocenters. The van der Waals surface area contributed by atoms with Gasteiger partial charge in [-0.2, -0.15) is 19.5 Å². The Morgan fingerprint density at radius 2 is 2.17 bits per heavy atom. The topological polar surface area (TPSA) is 123 Å². The van der Waals surface area contributed by atoms with Crippen LogP contribution in [0.15, 0.2) is 47.3 Å². The van der Waals surface area contributed by atoms with Crippen molar-refractivity contribution < 1.29 is 4.42 Å². The zero-order valence-electron chi connectivity index (χ0n) is 15.8. The Labute approximate surface area is 166 Å². The molecule has 1 fully saturated rings. The van der Waals surface area contributed by atoms with E-state index in [2.05, 4.69) is 41.3 Å². The molecule has 10 heteroatoms. The molecule has 5 rings (SSSR count). The summed E-state index contributed by atoms with van der Waals surface area (Å²) in [6.07, 6.45) is 7.58. The number of nitrogen functional groups attached to an aromatic ring is 1. The summed E-state index contributed by atoms with van der Waals surface area (Å²) in [5, 5.41) is 7.63. The third-order valence-electron chi connectivity index (χ3n) is 5.08. The van der Waals surface area contributed by atoms with E-state index >= 15 is 0 Å². The van der Waals surface area contributed by atoms with E-state index in [0.29, 0.717) is 29.4 Å². The van der Waals surface area contributed by atoms with Gasteiger partial charge in [0.15, 0.2) is 5.76 Å². The molecular weight excluding hydrogens is 370 g/mol. The lowest BCUT2D eigenvalue weighted by molar-refractivity contribution is 0.253. The van der Waals surface area contributed by atoms with Crippen LogP contribution in [0.5, 0.6) is 0 Å². The van der Waals surface area contributed by atoms with Crippen LogP contribution in [0.25, 0.3) is 17.4 Å². The number of anilines is 2. The maximum absolute atomic E-state index is 6.06. The number of hydrogen-bond acceptors (Lipinski definition) is 9. The van der Waals surface area contributed by atoms with Crippen LogP contribution in [0.4, 0.5) is 11.9 Å². The highest BCUT2D eigenvalue weighted by atomic mass is 16.3. The third kappa shape index (κ3) is 3.61. The van der Waals surface area contributed by atoms with E-state index in [4.69, 9.17) is 10.2 Å². The number of nitrogens with two attached hydrogens (primary N) is 1. The number of aromatic nitrogens is 6. The summed E-state index contributed by atoms with van der Waals surface area (Å²) in [6, 6.07) is 8.04. The molecule has 0 saturated carbocycles. The summed E-state index contributed by atoms with van der Waals surface area (Å²) in [4.78, 5) is 19.8. The number of pyridine rings is 1. The molecule has 5 heterocycles. The van der Waals surface area contributed by atoms with Crippen LogP contribution in [0.3, 0.4) is 0 Å². The van der Waals surface area contributed by atoms with Crippen LogP contribution in [0.1, 0.15) is 18.4 Å². The molecule has 1 saturated heterocycles. The average molecular weight is 391 g/mol. The summed E-state index contributed by atoms with van der Waals surface area (Å²) >= 11 is 0. The maximum atomic E-state index is 6.06. The smallest absolute Gasteiger partial charge is 0.259 e. The molecular formula is C19H21N9O. The molecule has 3 N–H and O–H groups in total. The summed E-state index contributed by atoms with van der Waals surface area (Å²) in [7, 11) is 0. The van der Waals surface area contributed by atoms with Gasteiger partial charge < -0.3 is 15.5 Å². The van der Waals surface area contributed by atoms with Crippen molar-refractivity contribution in [3.05, 3.63) is 48.5 Å². The van der Waals surface area contributed by atoms with E-state index in [9.17, 15) is 0 Å². The average Bonchev–Trinajstić information content (AvgIpc) is 3.48. The Morgan fingerprint density at radius 1 is 1.21 bits per heavy atom. The second-order valence-electron chi connectivity index (χ2n) is 7.04. The van der Waals surface area contributed by atoms with E-state index in [-0.39, 0.29) is 5.95 Å². The van der Waals surface area contributed by atoms with Crippen LogP contribution < -0.4 is 11.1 Å². The zero-order valence-corrected chi connectivity index (χ0v) is 15.8. The Kier molecular flexibility index (Phi) is 4.53.